The van der Waals surface area contributed by atoms with E-state index < -0.39 is 0 Å². The second kappa shape index (κ2) is 9.99. The van der Waals surface area contributed by atoms with Crippen LogP contribution < -0.4 is 10.4 Å². The van der Waals surface area contributed by atoms with Gasteiger partial charge in [0.1, 0.15) is 5.71 Å². The van der Waals surface area contributed by atoms with Crippen molar-refractivity contribution in [2.45, 2.75) is 20.8 Å². The molecule has 0 bridgehead atoms. The number of hydrogen-bond donors (Lipinski definition) is 2. The summed E-state index contributed by atoms with van der Waals surface area (Å²) >= 11 is 0.893. The number of hydrogen-bond acceptors (Lipinski definition) is 11. The average Bonchev–Trinajstić information content (AvgIpc) is 3.51. The van der Waals surface area contributed by atoms with E-state index in [2.05, 4.69) is 66.3 Å². The van der Waals surface area contributed by atoms with Crippen molar-refractivity contribution < 1.29 is 9.32 Å². The number of hydroxylamine groups is 1. The Bertz CT molecular complexity index is 1090. The number of aliphatic imine (C=N–C) groups is 1. The first-order chi connectivity index (χ1) is 15.6. The largest absolute Gasteiger partial charge is 0.370 e. The number of rotatable bonds is 9. The van der Waals surface area contributed by atoms with Crippen LogP contribution in [0.4, 0.5) is 11.5 Å². The summed E-state index contributed by atoms with van der Waals surface area (Å²) in [6, 6.07) is 3.88. The van der Waals surface area contributed by atoms with Gasteiger partial charge < -0.3 is 9.88 Å². The van der Waals surface area contributed by atoms with E-state index in [9.17, 15) is 0 Å². The third-order valence-corrected chi connectivity index (χ3v) is 4.99. The zero-order valence-corrected chi connectivity index (χ0v) is 19.0. The van der Waals surface area contributed by atoms with Crippen LogP contribution in [0.2, 0.25) is 0 Å². The molecule has 2 N–H and O–H groups in total. The fourth-order valence-corrected chi connectivity index (χ4v) is 3.57. The van der Waals surface area contributed by atoms with Gasteiger partial charge in [-0.25, -0.2) is 19.9 Å². The number of fused-ring (bicyclic) bond motifs is 1. The molecular weight excluding hydrogens is 432 g/mol. The third-order valence-electron chi connectivity index (χ3n) is 4.42. The van der Waals surface area contributed by atoms with Gasteiger partial charge in [0.15, 0.2) is 16.7 Å². The maximum absolute atomic E-state index is 5.02. The standard InChI is InChI=1S/C19H24N10O2S/c1-5-28(11-12(2)3)13-6-7-14(23-10-13)24-15-18-25-17(16-21-8-9-22-16)26-29(18)27-19(15)32-31-30-20-4/h6-10,12,20H,5,11H2,1-4H3,(H,21,22)/b24-15+. The zero-order chi connectivity index (χ0) is 22.5. The van der Waals surface area contributed by atoms with Crippen LogP contribution in [0.5, 0.6) is 0 Å². The molecule has 13 heteroatoms. The van der Waals surface area contributed by atoms with Gasteiger partial charge in [0.05, 0.1) is 23.9 Å². The van der Waals surface area contributed by atoms with Crippen molar-refractivity contribution >= 4 is 34.3 Å². The van der Waals surface area contributed by atoms with Crippen LogP contribution in [0, 0.1) is 5.92 Å². The van der Waals surface area contributed by atoms with Gasteiger partial charge in [0, 0.05) is 32.5 Å². The average molecular weight is 457 g/mol. The summed E-state index contributed by atoms with van der Waals surface area (Å²) in [5, 5.41) is 9.21. The third kappa shape index (κ3) is 4.85. The molecule has 0 aromatic carbocycles. The predicted octanol–water partition coefficient (Wildman–Crippen LogP) is 2.57. The molecule has 12 nitrogen and oxygen atoms in total. The fourth-order valence-electron chi connectivity index (χ4n) is 3.08. The van der Waals surface area contributed by atoms with E-state index >= 15 is 0 Å². The van der Waals surface area contributed by atoms with Crippen LogP contribution in [0.3, 0.4) is 0 Å². The summed E-state index contributed by atoms with van der Waals surface area (Å²) in [7, 11) is 1.58. The predicted molar refractivity (Wildman–Crippen MR) is 122 cm³/mol. The minimum atomic E-state index is 0.411. The minimum absolute atomic E-state index is 0.411. The lowest BCUT2D eigenvalue weighted by Gasteiger charge is -2.24. The molecule has 32 heavy (non-hydrogen) atoms. The smallest absolute Gasteiger partial charge is 0.219 e. The molecule has 0 amide bonds. The zero-order valence-electron chi connectivity index (χ0n) is 18.2. The monoisotopic (exact) mass is 456 g/mol. The molecule has 1 aliphatic rings. The SMILES string of the molecule is CCN(CC(C)C)c1ccc(/N=C2/C(SOONC)=Nn3nc(-c4ncc[nH]4)nc32)nc1. The highest BCUT2D eigenvalue weighted by Gasteiger charge is 2.30. The highest BCUT2D eigenvalue weighted by molar-refractivity contribution is 8.11. The molecule has 168 valence electrons. The molecule has 4 rings (SSSR count). The first-order valence-electron chi connectivity index (χ1n) is 10.1. The molecule has 0 saturated heterocycles. The van der Waals surface area contributed by atoms with E-state index in [0.717, 1.165) is 30.8 Å². The molecule has 0 spiro atoms. The van der Waals surface area contributed by atoms with Gasteiger partial charge in [-0.05, 0) is 25.0 Å². The van der Waals surface area contributed by atoms with Gasteiger partial charge in [0.2, 0.25) is 11.6 Å². The molecule has 0 atom stereocenters. The molecule has 0 aliphatic carbocycles. The highest BCUT2D eigenvalue weighted by atomic mass is 32.2. The van der Waals surface area contributed by atoms with Crippen LogP contribution in [0.15, 0.2) is 40.8 Å². The Hall–Kier alpha value is -3.13. The Labute approximate surface area is 189 Å². The number of pyridine rings is 1. The first kappa shape index (κ1) is 22.1. The Morgan fingerprint density at radius 2 is 2.19 bits per heavy atom. The number of imidazole rings is 1. The molecular formula is C19H24N10O2S. The van der Waals surface area contributed by atoms with E-state index in [1.165, 1.54) is 4.79 Å². The van der Waals surface area contributed by atoms with Gasteiger partial charge in [-0.2, -0.15) is 5.48 Å². The van der Waals surface area contributed by atoms with Crippen molar-refractivity contribution in [3.63, 3.8) is 0 Å². The fraction of sp³-hybridized carbons (Fsp3) is 0.368. The van der Waals surface area contributed by atoms with E-state index in [1.54, 1.807) is 19.4 Å². The summed E-state index contributed by atoms with van der Waals surface area (Å²) in [5.41, 5.74) is 3.95. The van der Waals surface area contributed by atoms with Crippen molar-refractivity contribution in [1.29, 1.82) is 0 Å². The number of nitrogens with zero attached hydrogens (tertiary/aromatic N) is 8. The van der Waals surface area contributed by atoms with Crippen LogP contribution in [-0.2, 0) is 9.32 Å². The number of anilines is 1. The summed E-state index contributed by atoms with van der Waals surface area (Å²) in [6.07, 6.45) is 5.16. The summed E-state index contributed by atoms with van der Waals surface area (Å²) < 4.78 is 5.02. The van der Waals surface area contributed by atoms with Crippen LogP contribution in [0.25, 0.3) is 11.6 Å². The Balaban J connectivity index is 1.63. The molecule has 0 unspecified atom stereocenters. The number of nitrogens with one attached hydrogen (secondary N) is 2. The Morgan fingerprint density at radius 3 is 2.84 bits per heavy atom. The molecule has 0 fully saturated rings. The summed E-state index contributed by atoms with van der Waals surface area (Å²) in [4.78, 5) is 29.3. The molecule has 4 heterocycles. The molecule has 0 saturated carbocycles. The number of H-pyrrole nitrogens is 1. The highest BCUT2D eigenvalue weighted by Crippen LogP contribution is 2.25. The van der Waals surface area contributed by atoms with Gasteiger partial charge in [-0.15, -0.1) is 24.3 Å². The number of aromatic nitrogens is 6. The van der Waals surface area contributed by atoms with Crippen LogP contribution in [-0.4, -0.2) is 60.7 Å². The maximum Gasteiger partial charge on any atom is 0.219 e. The van der Waals surface area contributed by atoms with E-state index in [-0.39, 0.29) is 0 Å². The van der Waals surface area contributed by atoms with E-state index in [1.807, 2.05) is 18.3 Å². The normalized spacial score (nSPS) is 14.3. The number of aromatic amines is 1. The van der Waals surface area contributed by atoms with Crippen LogP contribution in [0.1, 0.15) is 26.6 Å². The second-order valence-corrected chi connectivity index (χ2v) is 7.89. The molecule has 1 aliphatic heterocycles. The van der Waals surface area contributed by atoms with Crippen molar-refractivity contribution in [3.8, 4) is 11.6 Å². The van der Waals surface area contributed by atoms with Gasteiger partial charge in [0.25, 0.3) is 0 Å². The lowest BCUT2D eigenvalue weighted by Crippen LogP contribution is -2.27. The minimum Gasteiger partial charge on any atom is -0.370 e. The molecule has 3 aromatic heterocycles. The second-order valence-electron chi connectivity index (χ2n) is 7.20. The summed E-state index contributed by atoms with van der Waals surface area (Å²) in [6.45, 7) is 8.39. The van der Waals surface area contributed by atoms with Gasteiger partial charge in [-0.1, -0.05) is 13.8 Å². The van der Waals surface area contributed by atoms with Crippen molar-refractivity contribution in [1.82, 2.24) is 35.3 Å². The van der Waals surface area contributed by atoms with Crippen molar-refractivity contribution in [2.75, 3.05) is 25.0 Å². The van der Waals surface area contributed by atoms with Gasteiger partial charge >= 0.3 is 0 Å². The Morgan fingerprint density at radius 1 is 1.31 bits per heavy atom. The van der Waals surface area contributed by atoms with Crippen LogP contribution >= 0.6 is 12.0 Å². The van der Waals surface area contributed by atoms with E-state index in [0.29, 0.717) is 40.0 Å². The Kier molecular flexibility index (Phi) is 6.90. The van der Waals surface area contributed by atoms with Crippen molar-refractivity contribution in [3.05, 3.63) is 36.5 Å². The maximum atomic E-state index is 5.02. The molecule has 0 radical (unpaired) electrons. The topological polar surface area (TPSA) is 131 Å². The lowest BCUT2D eigenvalue weighted by molar-refractivity contribution is -0.236. The lowest BCUT2D eigenvalue weighted by atomic mass is 10.2. The van der Waals surface area contributed by atoms with Crippen molar-refractivity contribution in [2.24, 2.45) is 16.0 Å². The summed E-state index contributed by atoms with van der Waals surface area (Å²) in [5.74, 6) is 2.47. The quantitative estimate of drug-likeness (QED) is 0.216. The van der Waals surface area contributed by atoms with E-state index in [4.69, 9.17) is 9.32 Å². The van der Waals surface area contributed by atoms with Gasteiger partial charge in [-0.3, -0.25) is 0 Å². The molecule has 3 aromatic rings. The first-order valence-corrected chi connectivity index (χ1v) is 10.9.